The summed E-state index contributed by atoms with van der Waals surface area (Å²) in [5.74, 6) is -1.10. The van der Waals surface area contributed by atoms with Crippen molar-refractivity contribution in [2.45, 2.75) is 39.2 Å². The predicted octanol–water partition coefficient (Wildman–Crippen LogP) is 1.64. The molecule has 2 amide bonds. The molecule has 3 N–H and O–H groups in total. The molecule has 0 bridgehead atoms. The lowest BCUT2D eigenvalue weighted by atomic mass is 10.0. The van der Waals surface area contributed by atoms with Crippen LogP contribution in [0.1, 0.15) is 39.2 Å². The first kappa shape index (κ1) is 16.2. The molecular weight excluding hydrogens is 256 g/mol. The maximum Gasteiger partial charge on any atom is 0.313 e. The van der Waals surface area contributed by atoms with Gasteiger partial charge in [-0.1, -0.05) is 26.0 Å². The van der Waals surface area contributed by atoms with Crippen LogP contribution in [-0.4, -0.2) is 29.1 Å². The van der Waals surface area contributed by atoms with Gasteiger partial charge in [0.05, 0.1) is 12.1 Å². The molecule has 0 radical (unpaired) electrons. The molecular formula is C15H22N2O3. The van der Waals surface area contributed by atoms with Gasteiger partial charge < -0.3 is 15.7 Å². The maximum atomic E-state index is 11.7. The highest BCUT2D eigenvalue weighted by atomic mass is 16.3. The Morgan fingerprint density at radius 2 is 1.70 bits per heavy atom. The Morgan fingerprint density at radius 3 is 2.15 bits per heavy atom. The molecule has 110 valence electrons. The van der Waals surface area contributed by atoms with Gasteiger partial charge in [0.1, 0.15) is 0 Å². The first-order chi connectivity index (χ1) is 9.25. The standard InChI is InChI=1S/C15H22N2O3/c1-10(2)11-5-7-12(8-6-11)16-13(19)14(20)17-15(3,4)9-18/h5-8,10,18H,9H2,1-4H3,(H,16,19)(H,17,20). The molecule has 0 saturated heterocycles. The first-order valence-corrected chi connectivity index (χ1v) is 6.59. The zero-order valence-corrected chi connectivity index (χ0v) is 12.4. The number of hydrogen-bond donors (Lipinski definition) is 3. The molecule has 0 atom stereocenters. The van der Waals surface area contributed by atoms with E-state index in [-0.39, 0.29) is 6.61 Å². The summed E-state index contributed by atoms with van der Waals surface area (Å²) in [5.41, 5.74) is 0.904. The van der Waals surface area contributed by atoms with Crippen LogP contribution < -0.4 is 10.6 Å². The summed E-state index contributed by atoms with van der Waals surface area (Å²) in [6.07, 6.45) is 0. The van der Waals surface area contributed by atoms with E-state index in [4.69, 9.17) is 5.11 Å². The molecule has 0 aliphatic heterocycles. The highest BCUT2D eigenvalue weighted by molar-refractivity contribution is 6.39. The highest BCUT2D eigenvalue weighted by Crippen LogP contribution is 2.17. The average Bonchev–Trinajstić information content (AvgIpc) is 2.38. The number of carbonyl (C=O) groups is 2. The Balaban J connectivity index is 2.64. The van der Waals surface area contributed by atoms with Crippen molar-refractivity contribution in [3.63, 3.8) is 0 Å². The molecule has 0 spiro atoms. The third-order valence-corrected chi connectivity index (χ3v) is 2.89. The zero-order chi connectivity index (χ0) is 15.3. The average molecular weight is 278 g/mol. The van der Waals surface area contributed by atoms with E-state index >= 15 is 0 Å². The van der Waals surface area contributed by atoms with Gasteiger partial charge in [0, 0.05) is 5.69 Å². The van der Waals surface area contributed by atoms with E-state index in [1.165, 1.54) is 0 Å². The molecule has 5 heteroatoms. The van der Waals surface area contributed by atoms with Crippen LogP contribution in [0.2, 0.25) is 0 Å². The topological polar surface area (TPSA) is 78.4 Å². The van der Waals surface area contributed by atoms with Crippen molar-refractivity contribution in [3.8, 4) is 0 Å². The predicted molar refractivity (Wildman–Crippen MR) is 78.5 cm³/mol. The van der Waals surface area contributed by atoms with E-state index in [0.29, 0.717) is 11.6 Å². The number of aliphatic hydroxyl groups is 1. The van der Waals surface area contributed by atoms with Gasteiger partial charge in [0.25, 0.3) is 0 Å². The summed E-state index contributed by atoms with van der Waals surface area (Å²) < 4.78 is 0. The largest absolute Gasteiger partial charge is 0.394 e. The third-order valence-electron chi connectivity index (χ3n) is 2.89. The Bertz CT molecular complexity index is 478. The van der Waals surface area contributed by atoms with Gasteiger partial charge in [-0.2, -0.15) is 0 Å². The van der Waals surface area contributed by atoms with Gasteiger partial charge in [-0.25, -0.2) is 0 Å². The number of hydrogen-bond acceptors (Lipinski definition) is 3. The molecule has 0 heterocycles. The number of anilines is 1. The Kier molecular flexibility index (Phi) is 5.27. The summed E-state index contributed by atoms with van der Waals surface area (Å²) >= 11 is 0. The number of carbonyl (C=O) groups excluding carboxylic acids is 2. The molecule has 0 unspecified atom stereocenters. The van der Waals surface area contributed by atoms with Gasteiger partial charge in [0.15, 0.2) is 0 Å². The van der Waals surface area contributed by atoms with Crippen LogP contribution in [0.5, 0.6) is 0 Å². The van der Waals surface area contributed by atoms with Gasteiger partial charge >= 0.3 is 11.8 Å². The number of aliphatic hydroxyl groups excluding tert-OH is 1. The van der Waals surface area contributed by atoms with E-state index in [1.54, 1.807) is 26.0 Å². The van der Waals surface area contributed by atoms with Crippen LogP contribution in [-0.2, 0) is 9.59 Å². The van der Waals surface area contributed by atoms with Crippen LogP contribution in [0.3, 0.4) is 0 Å². The van der Waals surface area contributed by atoms with E-state index < -0.39 is 17.4 Å². The summed E-state index contributed by atoms with van der Waals surface area (Å²) in [7, 11) is 0. The van der Waals surface area contributed by atoms with Gasteiger partial charge in [-0.05, 0) is 37.5 Å². The molecule has 1 aromatic carbocycles. The Labute approximate surface area is 119 Å². The minimum Gasteiger partial charge on any atom is -0.394 e. The van der Waals surface area contributed by atoms with E-state index in [1.807, 2.05) is 12.1 Å². The van der Waals surface area contributed by atoms with Crippen molar-refractivity contribution < 1.29 is 14.7 Å². The van der Waals surface area contributed by atoms with Crippen molar-refractivity contribution in [1.29, 1.82) is 0 Å². The molecule has 0 aromatic heterocycles. The zero-order valence-electron chi connectivity index (χ0n) is 12.4. The van der Waals surface area contributed by atoms with Crippen LogP contribution in [0.25, 0.3) is 0 Å². The number of rotatable bonds is 4. The fraction of sp³-hybridized carbons (Fsp3) is 0.467. The summed E-state index contributed by atoms with van der Waals surface area (Å²) in [4.78, 5) is 23.4. The first-order valence-electron chi connectivity index (χ1n) is 6.59. The van der Waals surface area contributed by atoms with Crippen LogP contribution in [0.4, 0.5) is 5.69 Å². The molecule has 1 aromatic rings. The maximum absolute atomic E-state index is 11.7. The number of amides is 2. The van der Waals surface area contributed by atoms with Gasteiger partial charge in [-0.15, -0.1) is 0 Å². The van der Waals surface area contributed by atoms with Crippen molar-refractivity contribution in [2.24, 2.45) is 0 Å². The third kappa shape index (κ3) is 4.66. The Hall–Kier alpha value is -1.88. The lowest BCUT2D eigenvalue weighted by molar-refractivity contribution is -0.137. The van der Waals surface area contributed by atoms with E-state index in [9.17, 15) is 9.59 Å². The summed E-state index contributed by atoms with van der Waals surface area (Å²) in [6, 6.07) is 7.35. The van der Waals surface area contributed by atoms with E-state index in [0.717, 1.165) is 5.56 Å². The van der Waals surface area contributed by atoms with Crippen molar-refractivity contribution in [1.82, 2.24) is 5.32 Å². The monoisotopic (exact) mass is 278 g/mol. The smallest absolute Gasteiger partial charge is 0.313 e. The van der Waals surface area contributed by atoms with Crippen LogP contribution >= 0.6 is 0 Å². The van der Waals surface area contributed by atoms with Crippen LogP contribution in [0.15, 0.2) is 24.3 Å². The van der Waals surface area contributed by atoms with Gasteiger partial charge in [0.2, 0.25) is 0 Å². The SMILES string of the molecule is CC(C)c1ccc(NC(=O)C(=O)NC(C)(C)CO)cc1. The second kappa shape index (κ2) is 6.52. The second-order valence-electron chi connectivity index (χ2n) is 5.73. The number of nitrogens with one attached hydrogen (secondary N) is 2. The molecule has 20 heavy (non-hydrogen) atoms. The second-order valence-corrected chi connectivity index (χ2v) is 5.73. The minimum absolute atomic E-state index is 0.241. The molecule has 1 rings (SSSR count). The highest BCUT2D eigenvalue weighted by Gasteiger charge is 2.23. The lowest BCUT2D eigenvalue weighted by Crippen LogP contribution is -2.50. The summed E-state index contributed by atoms with van der Waals surface area (Å²) in [5, 5.41) is 14.0. The molecule has 5 nitrogen and oxygen atoms in total. The van der Waals surface area contributed by atoms with Gasteiger partial charge in [-0.3, -0.25) is 9.59 Å². The van der Waals surface area contributed by atoms with Crippen molar-refractivity contribution in [2.75, 3.05) is 11.9 Å². The molecule has 0 aliphatic carbocycles. The van der Waals surface area contributed by atoms with Crippen molar-refractivity contribution in [3.05, 3.63) is 29.8 Å². The van der Waals surface area contributed by atoms with Crippen LogP contribution in [0, 0.1) is 0 Å². The fourth-order valence-electron chi connectivity index (χ4n) is 1.54. The molecule has 0 saturated carbocycles. The number of benzene rings is 1. The normalized spacial score (nSPS) is 11.3. The minimum atomic E-state index is -0.823. The van der Waals surface area contributed by atoms with E-state index in [2.05, 4.69) is 24.5 Å². The molecule has 0 aliphatic rings. The van der Waals surface area contributed by atoms with Crippen molar-refractivity contribution >= 4 is 17.5 Å². The Morgan fingerprint density at radius 1 is 1.15 bits per heavy atom. The fourth-order valence-corrected chi connectivity index (χ4v) is 1.54. The molecule has 0 fully saturated rings. The summed E-state index contributed by atoms with van der Waals surface area (Å²) in [6.45, 7) is 7.19. The quantitative estimate of drug-likeness (QED) is 0.733. The lowest BCUT2D eigenvalue weighted by Gasteiger charge is -2.22.